The third-order valence-electron chi connectivity index (χ3n) is 4.33. The normalized spacial score (nSPS) is 24.8. The van der Waals surface area contributed by atoms with E-state index < -0.39 is 4.92 Å². The molecule has 0 saturated carbocycles. The van der Waals surface area contributed by atoms with Crippen LogP contribution in [0.2, 0.25) is 5.02 Å². The van der Waals surface area contributed by atoms with Crippen LogP contribution >= 0.6 is 11.6 Å². The molecule has 2 saturated heterocycles. The topological polar surface area (TPSA) is 75.5 Å². The van der Waals surface area contributed by atoms with Crippen LogP contribution in [0, 0.1) is 10.1 Å². The molecule has 6 nitrogen and oxygen atoms in total. The van der Waals surface area contributed by atoms with E-state index in [1.165, 1.54) is 24.6 Å². The molecule has 2 atom stereocenters. The fraction of sp³-hybridized carbons (Fsp3) is 0.500. The van der Waals surface area contributed by atoms with E-state index in [1.807, 2.05) is 0 Å². The lowest BCUT2D eigenvalue weighted by Gasteiger charge is -2.21. The van der Waals surface area contributed by atoms with Crippen LogP contribution in [0.4, 0.5) is 5.69 Å². The summed E-state index contributed by atoms with van der Waals surface area (Å²) in [6, 6.07) is 4.70. The van der Waals surface area contributed by atoms with Crippen molar-refractivity contribution in [3.05, 3.63) is 38.9 Å². The smallest absolute Gasteiger partial charge is 0.288 e. The number of rotatable bonds is 3. The molecular formula is C14H16ClN3O3. The highest BCUT2D eigenvalue weighted by Crippen LogP contribution is 2.29. The summed E-state index contributed by atoms with van der Waals surface area (Å²) >= 11 is 5.76. The second-order valence-electron chi connectivity index (χ2n) is 5.54. The zero-order valence-electron chi connectivity index (χ0n) is 11.4. The lowest BCUT2D eigenvalue weighted by molar-refractivity contribution is -0.384. The first-order valence-corrected chi connectivity index (χ1v) is 7.43. The summed E-state index contributed by atoms with van der Waals surface area (Å²) in [6.45, 7) is 2.11. The molecule has 1 N–H and O–H groups in total. The molecular weight excluding hydrogens is 294 g/mol. The third kappa shape index (κ3) is 2.73. The maximum atomic E-state index is 12.3. The summed E-state index contributed by atoms with van der Waals surface area (Å²) < 4.78 is 0. The van der Waals surface area contributed by atoms with Gasteiger partial charge >= 0.3 is 0 Å². The van der Waals surface area contributed by atoms with Crippen molar-refractivity contribution in [1.29, 1.82) is 0 Å². The maximum Gasteiger partial charge on any atom is 0.288 e. The van der Waals surface area contributed by atoms with Gasteiger partial charge in [-0.25, -0.2) is 0 Å². The number of hydrogen-bond acceptors (Lipinski definition) is 4. The number of amides is 1. The van der Waals surface area contributed by atoms with E-state index >= 15 is 0 Å². The molecule has 1 aromatic rings. The Morgan fingerprint density at radius 3 is 2.95 bits per heavy atom. The minimum Gasteiger partial charge on any atom is -0.348 e. The zero-order valence-corrected chi connectivity index (χ0v) is 12.2. The average molecular weight is 310 g/mol. The minimum absolute atomic E-state index is 0.0411. The van der Waals surface area contributed by atoms with Gasteiger partial charge < -0.3 is 5.32 Å². The lowest BCUT2D eigenvalue weighted by atomic mass is 10.1. The van der Waals surface area contributed by atoms with Crippen LogP contribution in [0.5, 0.6) is 0 Å². The van der Waals surface area contributed by atoms with Crippen LogP contribution in [0.1, 0.15) is 29.6 Å². The molecule has 0 aliphatic carbocycles. The predicted octanol–water partition coefficient (Wildman–Crippen LogP) is 2.21. The summed E-state index contributed by atoms with van der Waals surface area (Å²) in [5.74, 6) is -0.270. The average Bonchev–Trinajstić information content (AvgIpc) is 3.04. The Morgan fingerprint density at radius 1 is 1.38 bits per heavy atom. The van der Waals surface area contributed by atoms with E-state index in [0.717, 1.165) is 25.9 Å². The fourth-order valence-electron chi connectivity index (χ4n) is 3.30. The van der Waals surface area contributed by atoms with Gasteiger partial charge in [-0.2, -0.15) is 0 Å². The lowest BCUT2D eigenvalue weighted by Crippen LogP contribution is -2.42. The molecule has 1 amide bonds. The first kappa shape index (κ1) is 14.3. The van der Waals surface area contributed by atoms with Gasteiger partial charge in [0.1, 0.15) is 5.02 Å². The van der Waals surface area contributed by atoms with E-state index in [0.29, 0.717) is 6.04 Å². The van der Waals surface area contributed by atoms with Crippen LogP contribution in [0.3, 0.4) is 0 Å². The third-order valence-corrected chi connectivity index (χ3v) is 4.65. The summed E-state index contributed by atoms with van der Waals surface area (Å²) in [5.41, 5.74) is 0.0424. The zero-order chi connectivity index (χ0) is 15.0. The summed E-state index contributed by atoms with van der Waals surface area (Å²) in [6.07, 6.45) is 3.21. The highest BCUT2D eigenvalue weighted by molar-refractivity contribution is 6.32. The molecule has 0 spiro atoms. The summed E-state index contributed by atoms with van der Waals surface area (Å²) in [4.78, 5) is 25.0. The Kier molecular flexibility index (Phi) is 3.82. The van der Waals surface area contributed by atoms with Gasteiger partial charge in [0.2, 0.25) is 0 Å². The molecule has 2 heterocycles. The minimum atomic E-state index is -0.576. The van der Waals surface area contributed by atoms with Gasteiger partial charge in [-0.3, -0.25) is 19.8 Å². The van der Waals surface area contributed by atoms with Gasteiger partial charge in [-0.1, -0.05) is 11.6 Å². The number of nitrogens with zero attached hydrogens (tertiary/aromatic N) is 2. The molecule has 3 rings (SSSR count). The van der Waals surface area contributed by atoms with Gasteiger partial charge in [0.15, 0.2) is 0 Å². The highest BCUT2D eigenvalue weighted by Gasteiger charge is 2.37. The van der Waals surface area contributed by atoms with Crippen LogP contribution in [0.15, 0.2) is 18.2 Å². The predicted molar refractivity (Wildman–Crippen MR) is 78.6 cm³/mol. The molecule has 2 aliphatic heterocycles. The Morgan fingerprint density at radius 2 is 2.19 bits per heavy atom. The van der Waals surface area contributed by atoms with Gasteiger partial charge in [0.05, 0.1) is 4.92 Å². The van der Waals surface area contributed by atoms with Gasteiger partial charge in [0.25, 0.3) is 11.6 Å². The van der Waals surface area contributed by atoms with Gasteiger partial charge in [-0.05, 0) is 37.9 Å². The standard InChI is InChI=1S/C14H16ClN3O3/c15-10-4-3-9(8-13(10)18(20)21)14(19)16-11-5-7-17-6-1-2-12(11)17/h3-4,8,11-12H,1-2,5-7H2,(H,16,19). The Balaban J connectivity index is 1.74. The van der Waals surface area contributed by atoms with E-state index in [9.17, 15) is 14.9 Å². The van der Waals surface area contributed by atoms with Crippen molar-refractivity contribution in [3.8, 4) is 0 Å². The van der Waals surface area contributed by atoms with E-state index in [-0.39, 0.29) is 28.2 Å². The highest BCUT2D eigenvalue weighted by atomic mass is 35.5. The van der Waals surface area contributed by atoms with Crippen molar-refractivity contribution >= 4 is 23.2 Å². The Bertz CT molecular complexity index is 593. The molecule has 7 heteroatoms. The second kappa shape index (κ2) is 5.61. The van der Waals surface area contributed by atoms with E-state index in [4.69, 9.17) is 11.6 Å². The summed E-state index contributed by atoms with van der Waals surface area (Å²) in [5, 5.41) is 13.9. The Labute approximate surface area is 127 Å². The monoisotopic (exact) mass is 309 g/mol. The number of fused-ring (bicyclic) bond motifs is 1. The number of halogens is 1. The van der Waals surface area contributed by atoms with Crippen molar-refractivity contribution in [2.75, 3.05) is 13.1 Å². The number of nitrogens with one attached hydrogen (secondary N) is 1. The number of carbonyl (C=O) groups excluding carboxylic acids is 1. The van der Waals surface area contributed by atoms with Crippen molar-refractivity contribution in [2.45, 2.75) is 31.3 Å². The first-order valence-electron chi connectivity index (χ1n) is 7.05. The largest absolute Gasteiger partial charge is 0.348 e. The molecule has 2 fully saturated rings. The second-order valence-corrected chi connectivity index (χ2v) is 5.94. The van der Waals surface area contributed by atoms with Crippen molar-refractivity contribution in [1.82, 2.24) is 10.2 Å². The first-order chi connectivity index (χ1) is 10.1. The SMILES string of the molecule is O=C(NC1CCN2CCCC12)c1ccc(Cl)c([N+](=O)[O-])c1. The quantitative estimate of drug-likeness (QED) is 0.686. The number of nitro benzene ring substituents is 1. The molecule has 0 bridgehead atoms. The molecule has 21 heavy (non-hydrogen) atoms. The molecule has 112 valence electrons. The van der Waals surface area contributed by atoms with Crippen molar-refractivity contribution in [3.63, 3.8) is 0 Å². The molecule has 0 radical (unpaired) electrons. The number of carbonyl (C=O) groups is 1. The van der Waals surface area contributed by atoms with Crippen LogP contribution in [-0.4, -0.2) is 40.9 Å². The van der Waals surface area contributed by atoms with E-state index in [1.54, 1.807) is 0 Å². The number of benzene rings is 1. The molecule has 2 aliphatic rings. The van der Waals surface area contributed by atoms with Gasteiger partial charge in [0, 0.05) is 30.3 Å². The van der Waals surface area contributed by atoms with Crippen molar-refractivity contribution < 1.29 is 9.72 Å². The number of hydrogen-bond donors (Lipinski definition) is 1. The molecule has 1 aromatic carbocycles. The van der Waals surface area contributed by atoms with Crippen LogP contribution in [0.25, 0.3) is 0 Å². The fourth-order valence-corrected chi connectivity index (χ4v) is 3.48. The van der Waals surface area contributed by atoms with Crippen molar-refractivity contribution in [2.24, 2.45) is 0 Å². The Hall–Kier alpha value is -1.66. The van der Waals surface area contributed by atoms with E-state index in [2.05, 4.69) is 10.2 Å². The maximum absolute atomic E-state index is 12.3. The van der Waals surface area contributed by atoms with Gasteiger partial charge in [-0.15, -0.1) is 0 Å². The molecule has 2 unspecified atom stereocenters. The van der Waals surface area contributed by atoms with Crippen LogP contribution in [-0.2, 0) is 0 Å². The molecule has 0 aromatic heterocycles. The number of nitro groups is 1. The summed E-state index contributed by atoms with van der Waals surface area (Å²) in [7, 11) is 0. The van der Waals surface area contributed by atoms with Crippen LogP contribution < -0.4 is 5.32 Å².